The normalized spacial score (nSPS) is 16.2. The number of nitrogens with zero attached hydrogens (tertiary/aromatic N) is 7. The maximum Gasteiger partial charge on any atom is 0.165 e. The van der Waals surface area contributed by atoms with Crippen LogP contribution in [0.25, 0.3) is 0 Å². The van der Waals surface area contributed by atoms with Crippen molar-refractivity contribution in [3.05, 3.63) is 23.0 Å². The fourth-order valence-corrected chi connectivity index (χ4v) is 2.82. The minimum Gasteiger partial charge on any atom is -0.330 e. The molecule has 0 saturated carbocycles. The van der Waals surface area contributed by atoms with Gasteiger partial charge in [0.15, 0.2) is 5.82 Å². The number of rotatable bonds is 2. The van der Waals surface area contributed by atoms with Gasteiger partial charge >= 0.3 is 0 Å². The van der Waals surface area contributed by atoms with Crippen LogP contribution in [0.2, 0.25) is 0 Å². The van der Waals surface area contributed by atoms with Crippen LogP contribution in [0.1, 0.15) is 43.8 Å². The Bertz CT molecular complexity index is 647. The summed E-state index contributed by atoms with van der Waals surface area (Å²) in [7, 11) is 0. The molecule has 0 radical (unpaired) electrons. The Morgan fingerprint density at radius 2 is 1.90 bits per heavy atom. The van der Waals surface area contributed by atoms with E-state index in [9.17, 15) is 0 Å². The van der Waals surface area contributed by atoms with Crippen LogP contribution in [0.3, 0.4) is 0 Å². The van der Waals surface area contributed by atoms with Gasteiger partial charge in [0.05, 0.1) is 24.3 Å². The van der Waals surface area contributed by atoms with Gasteiger partial charge in [0.1, 0.15) is 5.82 Å². The Kier molecular flexibility index (Phi) is 3.32. The lowest BCUT2D eigenvalue weighted by Gasteiger charge is -2.28. The van der Waals surface area contributed by atoms with E-state index < -0.39 is 0 Å². The fourth-order valence-electron chi connectivity index (χ4n) is 2.82. The van der Waals surface area contributed by atoms with Gasteiger partial charge in [-0.15, -0.1) is 5.10 Å². The summed E-state index contributed by atoms with van der Waals surface area (Å²) in [5.41, 5.74) is 2.32. The molecule has 2 aromatic rings. The first-order chi connectivity index (χ1) is 9.86. The molecule has 0 bridgehead atoms. The Morgan fingerprint density at radius 1 is 1.14 bits per heavy atom. The molecule has 0 unspecified atom stereocenters. The zero-order valence-electron chi connectivity index (χ0n) is 13.5. The average molecular weight is 289 g/mol. The highest BCUT2D eigenvalue weighted by Crippen LogP contribution is 2.19. The minimum absolute atomic E-state index is 0.0970. The number of tetrazole rings is 1. The fraction of sp³-hybridized carbons (Fsp3) is 0.714. The highest BCUT2D eigenvalue weighted by atomic mass is 15.6. The molecule has 7 nitrogen and oxygen atoms in total. The molecule has 2 aromatic heterocycles. The summed E-state index contributed by atoms with van der Waals surface area (Å²) in [6.45, 7) is 14.2. The van der Waals surface area contributed by atoms with Crippen LogP contribution < -0.4 is 0 Å². The van der Waals surface area contributed by atoms with E-state index >= 15 is 0 Å². The van der Waals surface area contributed by atoms with Gasteiger partial charge in [-0.25, -0.2) is 9.67 Å². The Hall–Kier alpha value is -1.76. The van der Waals surface area contributed by atoms with E-state index in [0.717, 1.165) is 43.5 Å². The highest BCUT2D eigenvalue weighted by Gasteiger charge is 2.24. The van der Waals surface area contributed by atoms with Gasteiger partial charge in [-0.05, 0) is 45.0 Å². The van der Waals surface area contributed by atoms with Gasteiger partial charge in [-0.2, -0.15) is 0 Å². The van der Waals surface area contributed by atoms with E-state index in [0.29, 0.717) is 0 Å². The molecule has 0 atom stereocenters. The maximum absolute atomic E-state index is 4.66. The summed E-state index contributed by atoms with van der Waals surface area (Å²) < 4.78 is 4.23. The number of aryl methyl sites for hydroxylation is 1. The molecule has 0 N–H and O–H groups in total. The molecule has 0 amide bonds. The highest BCUT2D eigenvalue weighted by molar-refractivity contribution is 5.15. The second kappa shape index (κ2) is 4.91. The summed E-state index contributed by atoms with van der Waals surface area (Å²) in [5.74, 6) is 2.06. The molecule has 21 heavy (non-hydrogen) atoms. The minimum atomic E-state index is -0.0970. The quantitative estimate of drug-likeness (QED) is 0.832. The lowest BCUT2D eigenvalue weighted by atomic mass is 10.1. The number of fused-ring (bicyclic) bond motifs is 1. The first-order valence-electron chi connectivity index (χ1n) is 7.39. The predicted octanol–water partition coefficient (Wildman–Crippen LogP) is 1.26. The number of hydrogen-bond donors (Lipinski definition) is 0. The summed E-state index contributed by atoms with van der Waals surface area (Å²) in [6, 6.07) is 0. The van der Waals surface area contributed by atoms with Crippen LogP contribution in [0, 0.1) is 13.8 Å². The third-order valence-corrected chi connectivity index (χ3v) is 4.08. The van der Waals surface area contributed by atoms with Crippen molar-refractivity contribution in [2.24, 2.45) is 0 Å². The third-order valence-electron chi connectivity index (χ3n) is 4.08. The number of imidazole rings is 1. The summed E-state index contributed by atoms with van der Waals surface area (Å²) >= 11 is 0. The number of aromatic nitrogens is 6. The molecule has 0 aromatic carbocycles. The average Bonchev–Trinajstić information content (AvgIpc) is 2.95. The molecule has 0 aliphatic carbocycles. The smallest absolute Gasteiger partial charge is 0.165 e. The van der Waals surface area contributed by atoms with Crippen LogP contribution in [-0.4, -0.2) is 41.2 Å². The molecular formula is C14H23N7. The zero-order valence-corrected chi connectivity index (χ0v) is 13.5. The molecule has 1 aliphatic heterocycles. The van der Waals surface area contributed by atoms with Crippen molar-refractivity contribution in [2.75, 3.05) is 6.54 Å². The van der Waals surface area contributed by atoms with Crippen molar-refractivity contribution in [3.63, 3.8) is 0 Å². The van der Waals surface area contributed by atoms with Crippen molar-refractivity contribution in [3.8, 4) is 0 Å². The van der Waals surface area contributed by atoms with Crippen LogP contribution in [0.15, 0.2) is 0 Å². The lowest BCUT2D eigenvalue weighted by molar-refractivity contribution is 0.192. The second-order valence-electron chi connectivity index (χ2n) is 6.74. The molecule has 3 heterocycles. The largest absolute Gasteiger partial charge is 0.330 e. The van der Waals surface area contributed by atoms with Gasteiger partial charge in [-0.1, -0.05) is 0 Å². The molecular weight excluding hydrogens is 266 g/mol. The van der Waals surface area contributed by atoms with Crippen LogP contribution in [-0.2, 0) is 25.2 Å². The summed E-state index contributed by atoms with van der Waals surface area (Å²) in [4.78, 5) is 7.02. The number of hydrogen-bond acceptors (Lipinski definition) is 5. The van der Waals surface area contributed by atoms with E-state index in [4.69, 9.17) is 0 Å². The predicted molar refractivity (Wildman–Crippen MR) is 78.6 cm³/mol. The molecule has 3 rings (SSSR count). The SMILES string of the molecule is Cc1nc2n(c1C)CCN(Cc1nnnn1C(C)(C)C)C2. The van der Waals surface area contributed by atoms with E-state index in [-0.39, 0.29) is 5.54 Å². The van der Waals surface area contributed by atoms with Crippen molar-refractivity contribution in [1.82, 2.24) is 34.7 Å². The zero-order chi connectivity index (χ0) is 15.2. The molecule has 0 fully saturated rings. The maximum atomic E-state index is 4.66. The van der Waals surface area contributed by atoms with E-state index in [1.54, 1.807) is 0 Å². The van der Waals surface area contributed by atoms with Gasteiger partial charge in [0, 0.05) is 18.8 Å². The lowest BCUT2D eigenvalue weighted by Crippen LogP contribution is -2.36. The second-order valence-corrected chi connectivity index (χ2v) is 6.74. The first-order valence-corrected chi connectivity index (χ1v) is 7.39. The van der Waals surface area contributed by atoms with E-state index in [2.05, 4.69) is 64.6 Å². The van der Waals surface area contributed by atoms with Gasteiger partial charge in [0.25, 0.3) is 0 Å². The van der Waals surface area contributed by atoms with Crippen molar-refractivity contribution in [2.45, 2.75) is 59.8 Å². The molecule has 7 heteroatoms. The van der Waals surface area contributed by atoms with Crippen molar-refractivity contribution < 1.29 is 0 Å². The third kappa shape index (κ3) is 2.57. The van der Waals surface area contributed by atoms with E-state index in [1.165, 1.54) is 5.69 Å². The molecule has 0 spiro atoms. The van der Waals surface area contributed by atoms with Crippen molar-refractivity contribution in [1.29, 1.82) is 0 Å². The summed E-state index contributed by atoms with van der Waals surface area (Å²) in [5, 5.41) is 12.1. The molecule has 1 aliphatic rings. The van der Waals surface area contributed by atoms with Crippen LogP contribution in [0.4, 0.5) is 0 Å². The Morgan fingerprint density at radius 3 is 2.62 bits per heavy atom. The van der Waals surface area contributed by atoms with Gasteiger partial charge < -0.3 is 4.57 Å². The van der Waals surface area contributed by atoms with Gasteiger partial charge in [-0.3, -0.25) is 4.90 Å². The van der Waals surface area contributed by atoms with Gasteiger partial charge in [0.2, 0.25) is 0 Å². The first kappa shape index (κ1) is 14.2. The van der Waals surface area contributed by atoms with Crippen LogP contribution >= 0.6 is 0 Å². The van der Waals surface area contributed by atoms with Crippen molar-refractivity contribution >= 4 is 0 Å². The Labute approximate surface area is 125 Å². The topological polar surface area (TPSA) is 64.7 Å². The van der Waals surface area contributed by atoms with Crippen LogP contribution in [0.5, 0.6) is 0 Å². The standard InChI is InChI=1S/C14H23N7/c1-10-11(2)20-7-6-19(8-12(20)15-10)9-13-16-17-18-21(13)14(3,4)5/h6-9H2,1-5H3. The molecule has 114 valence electrons. The summed E-state index contributed by atoms with van der Waals surface area (Å²) in [6.07, 6.45) is 0. The Balaban J connectivity index is 1.78. The van der Waals surface area contributed by atoms with E-state index in [1.807, 2.05) is 4.68 Å². The monoisotopic (exact) mass is 289 g/mol. The molecule has 0 saturated heterocycles.